The number of hydrogen-bond donors (Lipinski definition) is 1. The summed E-state index contributed by atoms with van der Waals surface area (Å²) in [5.41, 5.74) is 0. The second kappa shape index (κ2) is 6.01. The van der Waals surface area contributed by atoms with Crippen LogP contribution in [0, 0.1) is 11.8 Å². The number of rotatable bonds is 7. The molecular weight excluding hydrogens is 274 g/mol. The van der Waals surface area contributed by atoms with E-state index in [1.807, 2.05) is 0 Å². The smallest absolute Gasteiger partial charge is 0.331 e. The van der Waals surface area contributed by atoms with Gasteiger partial charge in [-0.15, -0.1) is 0 Å². The van der Waals surface area contributed by atoms with Crippen LogP contribution < -0.4 is 5.32 Å². The van der Waals surface area contributed by atoms with E-state index >= 15 is 0 Å². The highest BCUT2D eigenvalue weighted by atomic mass is 16.6. The largest absolute Gasteiger partial charge is 0.371 e. The second-order valence-electron chi connectivity index (χ2n) is 6.21. The highest BCUT2D eigenvalue weighted by Gasteiger charge is 2.37. The van der Waals surface area contributed by atoms with Crippen molar-refractivity contribution in [3.8, 4) is 0 Å². The number of imide groups is 2. The molecule has 3 rings (SSSR count). The summed E-state index contributed by atoms with van der Waals surface area (Å²) < 4.78 is 5.20. The van der Waals surface area contributed by atoms with Crippen molar-refractivity contribution in [2.75, 3.05) is 26.2 Å². The molecule has 0 aromatic heterocycles. The molecule has 5 amide bonds. The Hall–Kier alpha value is -1.63. The minimum absolute atomic E-state index is 0.101. The zero-order valence-corrected chi connectivity index (χ0v) is 12.0. The van der Waals surface area contributed by atoms with Gasteiger partial charge in [0.15, 0.2) is 0 Å². The van der Waals surface area contributed by atoms with Gasteiger partial charge in [0.1, 0.15) is 0 Å². The summed E-state index contributed by atoms with van der Waals surface area (Å²) in [4.78, 5) is 38.0. The second-order valence-corrected chi connectivity index (χ2v) is 6.21. The number of nitrogens with one attached hydrogen (secondary N) is 1. The molecule has 3 aliphatic rings. The number of urea groups is 2. The van der Waals surface area contributed by atoms with Gasteiger partial charge in [-0.25, -0.2) is 14.5 Å². The Kier molecular flexibility index (Phi) is 4.10. The SMILES string of the molecule is O=CNC(=O)N(CC1CC1)C(=O)N(CC1CC1)CC1CO1. The van der Waals surface area contributed by atoms with Crippen molar-refractivity contribution >= 4 is 18.5 Å². The van der Waals surface area contributed by atoms with Crippen LogP contribution in [0.5, 0.6) is 0 Å². The van der Waals surface area contributed by atoms with Crippen molar-refractivity contribution in [1.82, 2.24) is 15.1 Å². The van der Waals surface area contributed by atoms with Gasteiger partial charge in [0.05, 0.1) is 19.3 Å². The Morgan fingerprint density at radius 3 is 2.24 bits per heavy atom. The summed E-state index contributed by atoms with van der Waals surface area (Å²) in [6, 6.07) is -0.928. The molecule has 0 aromatic rings. The molecular formula is C14H21N3O4. The maximum absolute atomic E-state index is 12.7. The van der Waals surface area contributed by atoms with Gasteiger partial charge in [0, 0.05) is 13.1 Å². The third-order valence-electron chi connectivity index (χ3n) is 4.07. The molecule has 0 aromatic carbocycles. The lowest BCUT2D eigenvalue weighted by Gasteiger charge is -2.29. The van der Waals surface area contributed by atoms with E-state index in [1.165, 1.54) is 4.90 Å². The molecule has 0 radical (unpaired) electrons. The van der Waals surface area contributed by atoms with E-state index < -0.39 is 6.03 Å². The fraction of sp³-hybridized carbons (Fsp3) is 0.786. The quantitative estimate of drug-likeness (QED) is 0.556. The van der Waals surface area contributed by atoms with Crippen LogP contribution in [0.2, 0.25) is 0 Å². The third kappa shape index (κ3) is 4.17. The van der Waals surface area contributed by atoms with Crippen molar-refractivity contribution in [3.63, 3.8) is 0 Å². The summed E-state index contributed by atoms with van der Waals surface area (Å²) >= 11 is 0. The first-order valence-electron chi connectivity index (χ1n) is 7.59. The third-order valence-corrected chi connectivity index (χ3v) is 4.07. The highest BCUT2D eigenvalue weighted by molar-refractivity contribution is 5.97. The van der Waals surface area contributed by atoms with E-state index in [0.29, 0.717) is 44.5 Å². The number of carbonyl (C=O) groups is 3. The van der Waals surface area contributed by atoms with E-state index in [0.717, 1.165) is 25.7 Å². The van der Waals surface area contributed by atoms with Gasteiger partial charge >= 0.3 is 12.1 Å². The van der Waals surface area contributed by atoms with E-state index in [4.69, 9.17) is 4.74 Å². The van der Waals surface area contributed by atoms with Crippen LogP contribution in [-0.4, -0.2) is 60.6 Å². The number of carbonyl (C=O) groups excluding carboxylic acids is 3. The predicted molar refractivity (Wildman–Crippen MR) is 73.5 cm³/mol. The van der Waals surface area contributed by atoms with E-state index in [9.17, 15) is 14.4 Å². The fourth-order valence-corrected chi connectivity index (χ4v) is 2.37. The molecule has 1 atom stereocenters. The first-order valence-corrected chi connectivity index (χ1v) is 7.59. The van der Waals surface area contributed by atoms with Crippen molar-refractivity contribution in [3.05, 3.63) is 0 Å². The standard InChI is InChI=1S/C14H21N3O4/c18-9-15-13(19)17(6-11-3-4-11)14(20)16(5-10-1-2-10)7-12-8-21-12/h9-12H,1-8H2,(H,15,18,19). The maximum atomic E-state index is 12.7. The lowest BCUT2D eigenvalue weighted by Crippen LogP contribution is -2.52. The van der Waals surface area contributed by atoms with Gasteiger partial charge in [-0.05, 0) is 37.5 Å². The molecule has 1 aliphatic heterocycles. The van der Waals surface area contributed by atoms with Crippen molar-refractivity contribution in [2.45, 2.75) is 31.8 Å². The van der Waals surface area contributed by atoms with Crippen LogP contribution in [0.15, 0.2) is 0 Å². The first-order chi connectivity index (χ1) is 10.2. The van der Waals surface area contributed by atoms with Crippen LogP contribution in [-0.2, 0) is 9.53 Å². The van der Waals surface area contributed by atoms with Crippen LogP contribution in [0.3, 0.4) is 0 Å². The number of nitrogens with zero attached hydrogens (tertiary/aromatic N) is 2. The first kappa shape index (κ1) is 14.3. The summed E-state index contributed by atoms with van der Waals surface area (Å²) in [5, 5.41) is 2.08. The number of hydrogen-bond acceptors (Lipinski definition) is 4. The lowest BCUT2D eigenvalue weighted by atomic mass is 10.3. The molecule has 2 aliphatic carbocycles. The van der Waals surface area contributed by atoms with Gasteiger partial charge in [0.25, 0.3) is 0 Å². The lowest BCUT2D eigenvalue weighted by molar-refractivity contribution is -0.108. The van der Waals surface area contributed by atoms with Gasteiger partial charge in [0.2, 0.25) is 6.41 Å². The van der Waals surface area contributed by atoms with Gasteiger partial charge in [-0.3, -0.25) is 10.1 Å². The Bertz CT molecular complexity index is 416. The Morgan fingerprint density at radius 1 is 1.10 bits per heavy atom. The molecule has 21 heavy (non-hydrogen) atoms. The molecule has 0 bridgehead atoms. The Balaban J connectivity index is 1.65. The van der Waals surface area contributed by atoms with Gasteiger partial charge in [-0.1, -0.05) is 0 Å². The van der Waals surface area contributed by atoms with Gasteiger partial charge in [-0.2, -0.15) is 0 Å². The average Bonchev–Trinajstić information content (AvgIpc) is 3.30. The molecule has 1 saturated heterocycles. The van der Waals surface area contributed by atoms with Gasteiger partial charge < -0.3 is 9.64 Å². The average molecular weight is 295 g/mol. The van der Waals surface area contributed by atoms with Crippen LogP contribution >= 0.6 is 0 Å². The number of epoxide rings is 1. The molecule has 3 fully saturated rings. The normalized spacial score (nSPS) is 23.3. The van der Waals surface area contributed by atoms with Crippen molar-refractivity contribution in [2.24, 2.45) is 11.8 Å². The molecule has 116 valence electrons. The van der Waals surface area contributed by atoms with E-state index in [1.54, 1.807) is 4.90 Å². The van der Waals surface area contributed by atoms with Crippen molar-refractivity contribution in [1.29, 1.82) is 0 Å². The van der Waals surface area contributed by atoms with E-state index in [2.05, 4.69) is 5.32 Å². The fourth-order valence-electron chi connectivity index (χ4n) is 2.37. The number of ether oxygens (including phenoxy) is 1. The zero-order valence-electron chi connectivity index (χ0n) is 12.0. The highest BCUT2D eigenvalue weighted by Crippen LogP contribution is 2.32. The summed E-state index contributed by atoms with van der Waals surface area (Å²) in [5.74, 6) is 0.927. The predicted octanol–water partition coefficient (Wildman–Crippen LogP) is 0.795. The monoisotopic (exact) mass is 295 g/mol. The Morgan fingerprint density at radius 2 is 1.71 bits per heavy atom. The molecule has 7 nitrogen and oxygen atoms in total. The zero-order chi connectivity index (χ0) is 14.8. The Labute approximate surface area is 123 Å². The molecule has 1 N–H and O–H groups in total. The summed E-state index contributed by atoms with van der Waals surface area (Å²) in [6.45, 7) is 2.28. The molecule has 2 saturated carbocycles. The minimum atomic E-state index is -0.626. The van der Waals surface area contributed by atoms with Crippen LogP contribution in [0.1, 0.15) is 25.7 Å². The maximum Gasteiger partial charge on any atom is 0.331 e. The van der Waals surface area contributed by atoms with Crippen LogP contribution in [0.25, 0.3) is 0 Å². The minimum Gasteiger partial charge on any atom is -0.371 e. The molecule has 7 heteroatoms. The molecule has 1 unspecified atom stereocenters. The van der Waals surface area contributed by atoms with Crippen LogP contribution in [0.4, 0.5) is 9.59 Å². The number of amides is 5. The molecule has 1 heterocycles. The topological polar surface area (TPSA) is 82.2 Å². The molecule has 0 spiro atoms. The summed E-state index contributed by atoms with van der Waals surface area (Å²) in [6.07, 6.45) is 4.77. The summed E-state index contributed by atoms with van der Waals surface area (Å²) in [7, 11) is 0. The van der Waals surface area contributed by atoms with E-state index in [-0.39, 0.29) is 12.1 Å². The van der Waals surface area contributed by atoms with Crippen molar-refractivity contribution < 1.29 is 19.1 Å².